The van der Waals surface area contributed by atoms with Crippen LogP contribution in [0.4, 0.5) is 11.4 Å². The molecule has 1 fully saturated rings. The van der Waals surface area contributed by atoms with Crippen molar-refractivity contribution in [3.63, 3.8) is 0 Å². The Morgan fingerprint density at radius 2 is 2.05 bits per heavy atom. The molecular formula is C14H20N2O3. The molecule has 0 bridgehead atoms. The van der Waals surface area contributed by atoms with Crippen LogP contribution in [0.3, 0.4) is 0 Å². The van der Waals surface area contributed by atoms with Gasteiger partial charge in [0.2, 0.25) is 0 Å². The Hall–Kier alpha value is -1.62. The van der Waals surface area contributed by atoms with Gasteiger partial charge >= 0.3 is 0 Å². The van der Waals surface area contributed by atoms with Crippen LogP contribution in [0.2, 0.25) is 0 Å². The average Bonchev–Trinajstić information content (AvgIpc) is 2.87. The Bertz CT molecular complexity index is 464. The monoisotopic (exact) mass is 264 g/mol. The average molecular weight is 264 g/mol. The van der Waals surface area contributed by atoms with Crippen molar-refractivity contribution >= 4 is 11.4 Å². The molecule has 0 aliphatic carbocycles. The van der Waals surface area contributed by atoms with Crippen molar-refractivity contribution in [2.75, 3.05) is 50.7 Å². The summed E-state index contributed by atoms with van der Waals surface area (Å²) in [6, 6.07) is 3.87. The molecule has 2 N–H and O–H groups in total. The van der Waals surface area contributed by atoms with E-state index < -0.39 is 0 Å². The fourth-order valence-electron chi connectivity index (χ4n) is 2.79. The van der Waals surface area contributed by atoms with E-state index >= 15 is 0 Å². The number of nitrogens with zero attached hydrogens (tertiary/aromatic N) is 1. The van der Waals surface area contributed by atoms with Gasteiger partial charge in [-0.05, 0) is 6.42 Å². The number of hydrogen-bond donors (Lipinski definition) is 1. The van der Waals surface area contributed by atoms with E-state index in [1.165, 1.54) is 0 Å². The second kappa shape index (κ2) is 5.17. The minimum Gasteiger partial charge on any atom is -0.486 e. The summed E-state index contributed by atoms with van der Waals surface area (Å²) in [4.78, 5) is 2.30. The molecule has 104 valence electrons. The van der Waals surface area contributed by atoms with Gasteiger partial charge in [0, 0.05) is 38.2 Å². The Kier molecular flexibility index (Phi) is 3.38. The lowest BCUT2D eigenvalue weighted by Crippen LogP contribution is -2.23. The molecule has 1 unspecified atom stereocenters. The first-order valence-corrected chi connectivity index (χ1v) is 6.71. The Morgan fingerprint density at radius 3 is 2.79 bits per heavy atom. The van der Waals surface area contributed by atoms with Crippen molar-refractivity contribution in [3.05, 3.63) is 12.1 Å². The standard InChI is InChI=1S/C14H20N2O3/c1-17-9-10-2-3-16(8-10)12-7-14-13(6-11(12)15)18-4-5-19-14/h6-7,10H,2-5,8-9,15H2,1H3. The van der Waals surface area contributed by atoms with Gasteiger partial charge in [0.1, 0.15) is 13.2 Å². The summed E-state index contributed by atoms with van der Waals surface area (Å²) in [6.07, 6.45) is 1.14. The third-order valence-electron chi connectivity index (χ3n) is 3.72. The van der Waals surface area contributed by atoms with Gasteiger partial charge in [-0.1, -0.05) is 0 Å². The highest BCUT2D eigenvalue weighted by molar-refractivity contribution is 5.73. The van der Waals surface area contributed by atoms with E-state index in [0.717, 1.165) is 49.0 Å². The quantitative estimate of drug-likeness (QED) is 0.839. The van der Waals surface area contributed by atoms with Gasteiger partial charge in [-0.2, -0.15) is 0 Å². The topological polar surface area (TPSA) is 57.0 Å². The van der Waals surface area contributed by atoms with E-state index in [1.54, 1.807) is 7.11 Å². The molecule has 2 aliphatic rings. The molecule has 5 nitrogen and oxygen atoms in total. The second-order valence-electron chi connectivity index (χ2n) is 5.11. The molecule has 0 amide bonds. The summed E-state index contributed by atoms with van der Waals surface area (Å²) in [7, 11) is 1.75. The zero-order valence-electron chi connectivity index (χ0n) is 11.2. The Balaban J connectivity index is 1.81. The van der Waals surface area contributed by atoms with Crippen LogP contribution in [0, 0.1) is 5.92 Å². The van der Waals surface area contributed by atoms with Crippen LogP contribution < -0.4 is 20.1 Å². The summed E-state index contributed by atoms with van der Waals surface area (Å²) in [5.41, 5.74) is 7.93. The smallest absolute Gasteiger partial charge is 0.163 e. The molecule has 19 heavy (non-hydrogen) atoms. The molecular weight excluding hydrogens is 244 g/mol. The van der Waals surface area contributed by atoms with Crippen molar-refractivity contribution < 1.29 is 14.2 Å². The van der Waals surface area contributed by atoms with Crippen molar-refractivity contribution in [1.29, 1.82) is 0 Å². The van der Waals surface area contributed by atoms with Crippen molar-refractivity contribution in [1.82, 2.24) is 0 Å². The van der Waals surface area contributed by atoms with Crippen LogP contribution in [-0.2, 0) is 4.74 Å². The maximum atomic E-state index is 6.14. The predicted octanol–water partition coefficient (Wildman–Crippen LogP) is 1.51. The minimum atomic E-state index is 0.581. The van der Waals surface area contributed by atoms with Gasteiger partial charge in [-0.3, -0.25) is 0 Å². The highest BCUT2D eigenvalue weighted by Crippen LogP contribution is 2.40. The van der Waals surface area contributed by atoms with Gasteiger partial charge in [0.25, 0.3) is 0 Å². The van der Waals surface area contributed by atoms with Gasteiger partial charge < -0.3 is 24.8 Å². The van der Waals surface area contributed by atoms with Crippen LogP contribution in [-0.4, -0.2) is 40.0 Å². The third kappa shape index (κ3) is 2.42. The number of rotatable bonds is 3. The van der Waals surface area contributed by atoms with Gasteiger partial charge in [0.05, 0.1) is 18.0 Å². The number of anilines is 2. The van der Waals surface area contributed by atoms with Crippen LogP contribution in [0.1, 0.15) is 6.42 Å². The van der Waals surface area contributed by atoms with E-state index in [2.05, 4.69) is 4.90 Å². The first kappa shape index (κ1) is 12.4. The molecule has 3 rings (SSSR count). The molecule has 0 aromatic heterocycles. The second-order valence-corrected chi connectivity index (χ2v) is 5.11. The minimum absolute atomic E-state index is 0.581. The SMILES string of the molecule is COCC1CCN(c2cc3c(cc2N)OCCO3)C1. The number of fused-ring (bicyclic) bond motifs is 1. The van der Waals surface area contributed by atoms with E-state index in [1.807, 2.05) is 12.1 Å². The normalized spacial score (nSPS) is 21.7. The van der Waals surface area contributed by atoms with E-state index in [9.17, 15) is 0 Å². The Labute approximate surface area is 113 Å². The van der Waals surface area contributed by atoms with Gasteiger partial charge in [-0.15, -0.1) is 0 Å². The molecule has 2 aliphatic heterocycles. The van der Waals surface area contributed by atoms with Crippen molar-refractivity contribution in [2.24, 2.45) is 5.92 Å². The molecule has 0 spiro atoms. The first-order valence-electron chi connectivity index (χ1n) is 6.71. The molecule has 5 heteroatoms. The van der Waals surface area contributed by atoms with Gasteiger partial charge in [-0.25, -0.2) is 0 Å². The number of nitrogen functional groups attached to an aromatic ring is 1. The summed E-state index contributed by atoms with van der Waals surface area (Å²) in [5.74, 6) is 2.13. The number of nitrogens with two attached hydrogens (primary N) is 1. The number of benzene rings is 1. The molecule has 1 atom stereocenters. The molecule has 1 aromatic carbocycles. The molecule has 1 aromatic rings. The molecule has 0 radical (unpaired) electrons. The lowest BCUT2D eigenvalue weighted by molar-refractivity contribution is 0.161. The maximum Gasteiger partial charge on any atom is 0.163 e. The van der Waals surface area contributed by atoms with Crippen LogP contribution in [0.25, 0.3) is 0 Å². The summed E-state index contributed by atoms with van der Waals surface area (Å²) < 4.78 is 16.4. The van der Waals surface area contributed by atoms with E-state index in [-0.39, 0.29) is 0 Å². The fraction of sp³-hybridized carbons (Fsp3) is 0.571. The molecule has 2 heterocycles. The number of ether oxygens (including phenoxy) is 3. The van der Waals surface area contributed by atoms with Crippen molar-refractivity contribution in [3.8, 4) is 11.5 Å². The molecule has 0 saturated carbocycles. The largest absolute Gasteiger partial charge is 0.486 e. The van der Waals surface area contributed by atoms with Crippen LogP contribution in [0.15, 0.2) is 12.1 Å². The van der Waals surface area contributed by atoms with Gasteiger partial charge in [0.15, 0.2) is 11.5 Å². The number of hydrogen-bond acceptors (Lipinski definition) is 5. The van der Waals surface area contributed by atoms with Crippen LogP contribution >= 0.6 is 0 Å². The van der Waals surface area contributed by atoms with E-state index in [0.29, 0.717) is 19.1 Å². The summed E-state index contributed by atoms with van der Waals surface area (Å²) in [6.45, 7) is 3.99. The highest BCUT2D eigenvalue weighted by Gasteiger charge is 2.25. The zero-order chi connectivity index (χ0) is 13.2. The predicted molar refractivity (Wildman–Crippen MR) is 74.0 cm³/mol. The maximum absolute atomic E-state index is 6.14. The number of methoxy groups -OCH3 is 1. The van der Waals surface area contributed by atoms with E-state index in [4.69, 9.17) is 19.9 Å². The summed E-state index contributed by atoms with van der Waals surface area (Å²) >= 11 is 0. The molecule has 1 saturated heterocycles. The zero-order valence-corrected chi connectivity index (χ0v) is 11.2. The Morgan fingerprint density at radius 1 is 1.32 bits per heavy atom. The summed E-state index contributed by atoms with van der Waals surface area (Å²) in [5, 5.41) is 0. The lowest BCUT2D eigenvalue weighted by Gasteiger charge is -2.25. The highest BCUT2D eigenvalue weighted by atomic mass is 16.6. The van der Waals surface area contributed by atoms with Crippen molar-refractivity contribution in [2.45, 2.75) is 6.42 Å². The third-order valence-corrected chi connectivity index (χ3v) is 3.72. The first-order chi connectivity index (χ1) is 9.28. The van der Waals surface area contributed by atoms with Crippen LogP contribution in [0.5, 0.6) is 11.5 Å². The fourth-order valence-corrected chi connectivity index (χ4v) is 2.79. The lowest BCUT2D eigenvalue weighted by atomic mass is 10.1.